The van der Waals surface area contributed by atoms with Gasteiger partial charge in [0.25, 0.3) is 0 Å². The van der Waals surface area contributed by atoms with Crippen LogP contribution in [0.5, 0.6) is 0 Å². The van der Waals surface area contributed by atoms with Crippen LogP contribution >= 0.6 is 0 Å². The van der Waals surface area contributed by atoms with Crippen LogP contribution in [0.25, 0.3) is 0 Å². The van der Waals surface area contributed by atoms with Crippen LogP contribution in [0.4, 0.5) is 0 Å². The van der Waals surface area contributed by atoms with Crippen molar-refractivity contribution in [1.82, 2.24) is 4.90 Å². The molecule has 0 aliphatic carbocycles. The normalized spacial score (nSPS) is 19.9. The van der Waals surface area contributed by atoms with Crippen molar-refractivity contribution in [2.45, 2.75) is 26.3 Å². The summed E-state index contributed by atoms with van der Waals surface area (Å²) in [5.74, 6) is -0.162. The number of nitrogens with zero attached hydrogens (tertiary/aromatic N) is 1. The third-order valence-electron chi connectivity index (χ3n) is 3.06. The molecule has 0 unspecified atom stereocenters. The van der Waals surface area contributed by atoms with E-state index >= 15 is 0 Å². The molecule has 88 valence electrons. The molecule has 15 heavy (non-hydrogen) atoms. The summed E-state index contributed by atoms with van der Waals surface area (Å²) in [7, 11) is 3.45. The van der Waals surface area contributed by atoms with Gasteiger partial charge in [0, 0.05) is 12.1 Å². The zero-order valence-corrected chi connectivity index (χ0v) is 10.3. The lowest BCUT2D eigenvalue weighted by molar-refractivity contribution is -0.188. The van der Waals surface area contributed by atoms with Gasteiger partial charge in [-0.1, -0.05) is 0 Å². The van der Waals surface area contributed by atoms with Crippen LogP contribution in [-0.2, 0) is 14.3 Å². The fourth-order valence-electron chi connectivity index (χ4n) is 1.53. The maximum Gasteiger partial charge on any atom is 0.317 e. The lowest BCUT2D eigenvalue weighted by Crippen LogP contribution is -2.58. The summed E-state index contributed by atoms with van der Waals surface area (Å²) in [4.78, 5) is 13.8. The monoisotopic (exact) mass is 215 g/mol. The molecule has 1 aliphatic heterocycles. The second-order valence-electron chi connectivity index (χ2n) is 5.29. The topological polar surface area (TPSA) is 38.8 Å². The van der Waals surface area contributed by atoms with Gasteiger partial charge >= 0.3 is 5.97 Å². The van der Waals surface area contributed by atoms with E-state index in [0.717, 1.165) is 0 Å². The molecule has 0 atom stereocenters. The van der Waals surface area contributed by atoms with Gasteiger partial charge in [-0.3, -0.25) is 4.79 Å². The highest BCUT2D eigenvalue weighted by Gasteiger charge is 2.48. The van der Waals surface area contributed by atoms with Crippen LogP contribution in [-0.4, -0.2) is 50.3 Å². The second-order valence-corrected chi connectivity index (χ2v) is 5.29. The Hall–Kier alpha value is -0.610. The zero-order chi connectivity index (χ0) is 11.7. The van der Waals surface area contributed by atoms with Crippen molar-refractivity contribution in [3.8, 4) is 0 Å². The van der Waals surface area contributed by atoms with E-state index in [1.807, 2.05) is 7.05 Å². The minimum absolute atomic E-state index is 0.0522. The van der Waals surface area contributed by atoms with Crippen molar-refractivity contribution in [3.63, 3.8) is 0 Å². The van der Waals surface area contributed by atoms with Gasteiger partial charge in [0.05, 0.1) is 20.3 Å². The summed E-state index contributed by atoms with van der Waals surface area (Å²) in [5.41, 5.74) is -0.395. The van der Waals surface area contributed by atoms with Crippen molar-refractivity contribution in [1.29, 1.82) is 0 Å². The van der Waals surface area contributed by atoms with Gasteiger partial charge in [-0.15, -0.1) is 0 Å². The Balaban J connectivity index is 2.65. The van der Waals surface area contributed by atoms with Gasteiger partial charge in [-0.05, 0) is 27.8 Å². The molecule has 1 fully saturated rings. The number of hydrogen-bond acceptors (Lipinski definition) is 4. The highest BCUT2D eigenvalue weighted by Crippen LogP contribution is 2.31. The van der Waals surface area contributed by atoms with Crippen LogP contribution in [0.15, 0.2) is 0 Å². The molecule has 0 saturated carbocycles. The van der Waals surface area contributed by atoms with Crippen molar-refractivity contribution >= 4 is 5.97 Å². The molecule has 0 aromatic carbocycles. The molecule has 4 nitrogen and oxygen atoms in total. The van der Waals surface area contributed by atoms with Gasteiger partial charge in [0.2, 0.25) is 0 Å². The van der Waals surface area contributed by atoms with Gasteiger partial charge in [-0.25, -0.2) is 0 Å². The molecular weight excluding hydrogens is 194 g/mol. The van der Waals surface area contributed by atoms with E-state index in [4.69, 9.17) is 9.47 Å². The maximum absolute atomic E-state index is 11.6. The number of carbonyl (C=O) groups is 1. The smallest absolute Gasteiger partial charge is 0.317 e. The quantitative estimate of drug-likeness (QED) is 0.656. The molecule has 0 spiro atoms. The lowest BCUT2D eigenvalue weighted by Gasteiger charge is -2.44. The number of methoxy groups -OCH3 is 1. The SMILES string of the molecule is COC(=O)C1(CN(C)C(C)(C)C)COC1. The van der Waals surface area contributed by atoms with Crippen molar-refractivity contribution < 1.29 is 14.3 Å². The summed E-state index contributed by atoms with van der Waals surface area (Å²) in [6.07, 6.45) is 0. The molecule has 0 aromatic heterocycles. The third-order valence-corrected chi connectivity index (χ3v) is 3.06. The molecule has 0 bridgehead atoms. The van der Waals surface area contributed by atoms with E-state index < -0.39 is 5.41 Å². The van der Waals surface area contributed by atoms with Crippen molar-refractivity contribution in [2.75, 3.05) is 33.9 Å². The Kier molecular flexibility index (Phi) is 3.41. The van der Waals surface area contributed by atoms with E-state index in [9.17, 15) is 4.79 Å². The number of carbonyl (C=O) groups excluding carboxylic acids is 1. The van der Waals surface area contributed by atoms with E-state index in [0.29, 0.717) is 19.8 Å². The Morgan fingerprint density at radius 1 is 1.47 bits per heavy atom. The number of hydrogen-bond donors (Lipinski definition) is 0. The van der Waals surface area contributed by atoms with Crippen LogP contribution < -0.4 is 0 Å². The molecule has 0 amide bonds. The molecule has 1 saturated heterocycles. The van der Waals surface area contributed by atoms with Gasteiger partial charge in [-0.2, -0.15) is 0 Å². The third kappa shape index (κ3) is 2.49. The largest absolute Gasteiger partial charge is 0.468 e. The van der Waals surface area contributed by atoms with Crippen molar-refractivity contribution in [2.24, 2.45) is 5.41 Å². The minimum Gasteiger partial charge on any atom is -0.468 e. The Morgan fingerprint density at radius 3 is 2.27 bits per heavy atom. The first-order chi connectivity index (χ1) is 6.82. The summed E-state index contributed by atoms with van der Waals surface area (Å²) in [5, 5.41) is 0. The Bertz CT molecular complexity index is 241. The fraction of sp³-hybridized carbons (Fsp3) is 0.909. The number of esters is 1. The summed E-state index contributed by atoms with van der Waals surface area (Å²) < 4.78 is 9.97. The molecule has 0 aromatic rings. The molecule has 4 heteroatoms. The van der Waals surface area contributed by atoms with Gasteiger partial charge < -0.3 is 14.4 Å². The second kappa shape index (κ2) is 4.10. The lowest BCUT2D eigenvalue weighted by atomic mass is 9.84. The highest BCUT2D eigenvalue weighted by atomic mass is 16.5. The molecular formula is C11H21NO3. The van der Waals surface area contributed by atoms with Crippen molar-refractivity contribution in [3.05, 3.63) is 0 Å². The van der Waals surface area contributed by atoms with Gasteiger partial charge in [0.1, 0.15) is 5.41 Å². The molecule has 0 N–H and O–H groups in total. The molecule has 0 radical (unpaired) electrons. The predicted octanol–water partition coefficient (Wildman–Crippen LogP) is 0.906. The van der Waals surface area contributed by atoms with E-state index in [-0.39, 0.29) is 11.5 Å². The molecule has 1 rings (SSSR count). The van der Waals surface area contributed by atoms with E-state index in [1.54, 1.807) is 0 Å². The van der Waals surface area contributed by atoms with Crippen LogP contribution in [0.1, 0.15) is 20.8 Å². The van der Waals surface area contributed by atoms with Crippen LogP contribution in [0.2, 0.25) is 0 Å². The molecule has 1 heterocycles. The van der Waals surface area contributed by atoms with E-state index in [2.05, 4.69) is 25.7 Å². The number of ether oxygens (including phenoxy) is 2. The number of rotatable bonds is 3. The maximum atomic E-state index is 11.6. The van der Waals surface area contributed by atoms with Gasteiger partial charge in [0.15, 0.2) is 0 Å². The molecule has 1 aliphatic rings. The Labute approximate surface area is 91.5 Å². The van der Waals surface area contributed by atoms with Crippen LogP contribution in [0, 0.1) is 5.41 Å². The first kappa shape index (κ1) is 12.5. The Morgan fingerprint density at radius 2 is 2.00 bits per heavy atom. The first-order valence-electron chi connectivity index (χ1n) is 5.19. The fourth-order valence-corrected chi connectivity index (χ4v) is 1.53. The first-order valence-corrected chi connectivity index (χ1v) is 5.19. The van der Waals surface area contributed by atoms with Crippen LogP contribution in [0.3, 0.4) is 0 Å². The van der Waals surface area contributed by atoms with E-state index in [1.165, 1.54) is 7.11 Å². The minimum atomic E-state index is -0.448. The standard InChI is InChI=1S/C11H21NO3/c1-10(2,3)12(4)6-11(7-15-8-11)9(13)14-5/h6-8H2,1-5H3. The average Bonchev–Trinajstić information content (AvgIpc) is 2.08. The zero-order valence-electron chi connectivity index (χ0n) is 10.3. The summed E-state index contributed by atoms with van der Waals surface area (Å²) >= 11 is 0. The summed E-state index contributed by atoms with van der Waals surface area (Å²) in [6, 6.07) is 0. The highest BCUT2D eigenvalue weighted by molar-refractivity contribution is 5.78. The predicted molar refractivity (Wildman–Crippen MR) is 57.7 cm³/mol. The summed E-state index contributed by atoms with van der Waals surface area (Å²) in [6.45, 7) is 8.00. The average molecular weight is 215 g/mol.